The van der Waals surface area contributed by atoms with E-state index < -0.39 is 11.7 Å². The normalized spacial score (nSPS) is 12.2. The minimum absolute atomic E-state index is 0.332. The summed E-state index contributed by atoms with van der Waals surface area (Å²) in [7, 11) is 0. The van der Waals surface area contributed by atoms with Crippen molar-refractivity contribution in [2.75, 3.05) is 0 Å². The van der Waals surface area contributed by atoms with E-state index in [4.69, 9.17) is 4.42 Å². The van der Waals surface area contributed by atoms with Gasteiger partial charge in [0, 0.05) is 0 Å². The Hall–Kier alpha value is -2.24. The molecule has 19 heavy (non-hydrogen) atoms. The molecule has 0 unspecified atom stereocenters. The first-order valence-corrected chi connectivity index (χ1v) is 5.57. The van der Waals surface area contributed by atoms with Crippen molar-refractivity contribution in [2.45, 2.75) is 13.1 Å². The van der Waals surface area contributed by atoms with Gasteiger partial charge in [-0.05, 0) is 37.3 Å². The number of furan rings is 1. The molecule has 0 aliphatic carbocycles. The Bertz CT molecular complexity index is 740. The fourth-order valence-corrected chi connectivity index (χ4v) is 1.86. The fourth-order valence-electron chi connectivity index (χ4n) is 1.86. The standard InChI is InChI=1S/C13H9F3N2O/c1-7-2-5-11(19-7)12-17-9-4-3-8(13(14,15)16)6-10(9)18-12/h2-6H,1H3,(H,17,18). The van der Waals surface area contributed by atoms with Crippen LogP contribution in [0.1, 0.15) is 11.3 Å². The summed E-state index contributed by atoms with van der Waals surface area (Å²) in [6.07, 6.45) is -4.36. The van der Waals surface area contributed by atoms with Gasteiger partial charge < -0.3 is 9.40 Å². The molecule has 0 amide bonds. The molecular weight excluding hydrogens is 257 g/mol. The summed E-state index contributed by atoms with van der Waals surface area (Å²) in [5.74, 6) is 1.64. The van der Waals surface area contributed by atoms with E-state index >= 15 is 0 Å². The van der Waals surface area contributed by atoms with Gasteiger partial charge in [-0.15, -0.1) is 0 Å². The molecule has 1 aromatic carbocycles. The lowest BCUT2D eigenvalue weighted by Gasteiger charge is -2.05. The van der Waals surface area contributed by atoms with E-state index in [1.165, 1.54) is 6.07 Å². The Kier molecular flexibility index (Phi) is 2.41. The third-order valence-corrected chi connectivity index (χ3v) is 2.78. The second-order valence-electron chi connectivity index (χ2n) is 4.23. The number of alkyl halides is 3. The molecule has 2 aromatic heterocycles. The molecule has 3 nitrogen and oxygen atoms in total. The summed E-state index contributed by atoms with van der Waals surface area (Å²) in [5, 5.41) is 0. The van der Waals surface area contributed by atoms with Crippen molar-refractivity contribution < 1.29 is 17.6 Å². The van der Waals surface area contributed by atoms with Crippen LogP contribution in [0.4, 0.5) is 13.2 Å². The first kappa shape index (κ1) is 11.8. The summed E-state index contributed by atoms with van der Waals surface area (Å²) in [6.45, 7) is 1.79. The third-order valence-electron chi connectivity index (χ3n) is 2.78. The van der Waals surface area contributed by atoms with Gasteiger partial charge in [0.25, 0.3) is 0 Å². The van der Waals surface area contributed by atoms with E-state index in [9.17, 15) is 13.2 Å². The number of hydrogen-bond donors (Lipinski definition) is 1. The second-order valence-corrected chi connectivity index (χ2v) is 4.23. The zero-order chi connectivity index (χ0) is 13.6. The van der Waals surface area contributed by atoms with Crippen molar-refractivity contribution in [3.63, 3.8) is 0 Å². The third kappa shape index (κ3) is 2.09. The first-order chi connectivity index (χ1) is 8.93. The molecule has 3 rings (SSSR count). The Labute approximate surface area is 106 Å². The monoisotopic (exact) mass is 266 g/mol. The van der Waals surface area contributed by atoms with Crippen LogP contribution in [-0.2, 0) is 6.18 Å². The summed E-state index contributed by atoms with van der Waals surface area (Å²) in [6, 6.07) is 6.89. The van der Waals surface area contributed by atoms with Crippen LogP contribution in [0.3, 0.4) is 0 Å². The second kappa shape index (κ2) is 3.88. The minimum Gasteiger partial charge on any atom is -0.458 e. The molecule has 0 saturated carbocycles. The summed E-state index contributed by atoms with van der Waals surface area (Å²) < 4.78 is 43.2. The van der Waals surface area contributed by atoms with Crippen molar-refractivity contribution in [3.05, 3.63) is 41.7 Å². The number of hydrogen-bond acceptors (Lipinski definition) is 2. The maximum absolute atomic E-state index is 12.6. The molecule has 0 bridgehead atoms. The van der Waals surface area contributed by atoms with Gasteiger partial charge in [-0.3, -0.25) is 0 Å². The zero-order valence-corrected chi connectivity index (χ0v) is 9.88. The van der Waals surface area contributed by atoms with Crippen LogP contribution in [0, 0.1) is 6.92 Å². The number of rotatable bonds is 1. The van der Waals surface area contributed by atoms with E-state index in [2.05, 4.69) is 9.97 Å². The van der Waals surface area contributed by atoms with Crippen molar-refractivity contribution in [3.8, 4) is 11.6 Å². The van der Waals surface area contributed by atoms with Crippen molar-refractivity contribution in [1.82, 2.24) is 9.97 Å². The number of benzene rings is 1. The molecule has 0 atom stereocenters. The van der Waals surface area contributed by atoms with E-state index in [1.807, 2.05) is 0 Å². The number of halogens is 3. The molecule has 0 aliphatic heterocycles. The number of aromatic amines is 1. The highest BCUT2D eigenvalue weighted by atomic mass is 19.4. The molecule has 1 N–H and O–H groups in total. The largest absolute Gasteiger partial charge is 0.458 e. The van der Waals surface area contributed by atoms with Crippen LogP contribution in [0.2, 0.25) is 0 Å². The van der Waals surface area contributed by atoms with Crippen LogP contribution < -0.4 is 0 Å². The predicted octanol–water partition coefficient (Wildman–Crippen LogP) is 4.15. The summed E-state index contributed by atoms with van der Waals surface area (Å²) >= 11 is 0. The molecule has 0 saturated heterocycles. The van der Waals surface area contributed by atoms with Gasteiger partial charge >= 0.3 is 6.18 Å². The number of nitrogens with zero attached hydrogens (tertiary/aromatic N) is 1. The molecule has 0 aliphatic rings. The summed E-state index contributed by atoms with van der Waals surface area (Å²) in [5.41, 5.74) is 0.0988. The van der Waals surface area contributed by atoms with E-state index in [-0.39, 0.29) is 0 Å². The van der Waals surface area contributed by atoms with Crippen LogP contribution in [-0.4, -0.2) is 9.97 Å². The van der Waals surface area contributed by atoms with Gasteiger partial charge in [0.1, 0.15) is 5.76 Å². The SMILES string of the molecule is Cc1ccc(-c2nc3ccc(C(F)(F)F)cc3[nH]2)o1. The Morgan fingerprint density at radius 1 is 1.16 bits per heavy atom. The van der Waals surface area contributed by atoms with Gasteiger partial charge in [0.15, 0.2) is 11.6 Å². The maximum atomic E-state index is 12.6. The smallest absolute Gasteiger partial charge is 0.416 e. The highest BCUT2D eigenvalue weighted by Gasteiger charge is 2.30. The Morgan fingerprint density at radius 2 is 1.95 bits per heavy atom. The molecule has 0 spiro atoms. The molecule has 3 aromatic rings. The fraction of sp³-hybridized carbons (Fsp3) is 0.154. The quantitative estimate of drug-likeness (QED) is 0.718. The van der Waals surface area contributed by atoms with E-state index in [1.54, 1.807) is 19.1 Å². The topological polar surface area (TPSA) is 41.8 Å². The lowest BCUT2D eigenvalue weighted by atomic mass is 10.2. The summed E-state index contributed by atoms with van der Waals surface area (Å²) in [4.78, 5) is 7.04. The molecule has 2 heterocycles. The number of fused-ring (bicyclic) bond motifs is 1. The lowest BCUT2D eigenvalue weighted by molar-refractivity contribution is -0.137. The van der Waals surface area contributed by atoms with Crippen molar-refractivity contribution in [1.29, 1.82) is 0 Å². The zero-order valence-electron chi connectivity index (χ0n) is 9.88. The Morgan fingerprint density at radius 3 is 2.58 bits per heavy atom. The molecule has 98 valence electrons. The van der Waals surface area contributed by atoms with Gasteiger partial charge in [-0.1, -0.05) is 0 Å². The maximum Gasteiger partial charge on any atom is 0.416 e. The average Bonchev–Trinajstić information content (AvgIpc) is 2.92. The van der Waals surface area contributed by atoms with Crippen LogP contribution >= 0.6 is 0 Å². The number of aromatic nitrogens is 2. The van der Waals surface area contributed by atoms with Gasteiger partial charge in [-0.2, -0.15) is 13.2 Å². The number of nitrogens with one attached hydrogen (secondary N) is 1. The number of imidazole rings is 1. The predicted molar refractivity (Wildman–Crippen MR) is 63.5 cm³/mol. The van der Waals surface area contributed by atoms with Crippen LogP contribution in [0.15, 0.2) is 34.7 Å². The molecule has 6 heteroatoms. The molecule has 0 fully saturated rings. The van der Waals surface area contributed by atoms with Crippen molar-refractivity contribution >= 4 is 11.0 Å². The highest BCUT2D eigenvalue weighted by Crippen LogP contribution is 2.31. The lowest BCUT2D eigenvalue weighted by Crippen LogP contribution is -2.04. The van der Waals surface area contributed by atoms with E-state index in [0.29, 0.717) is 28.4 Å². The number of aryl methyl sites for hydroxylation is 1. The van der Waals surface area contributed by atoms with Crippen molar-refractivity contribution in [2.24, 2.45) is 0 Å². The van der Waals surface area contributed by atoms with Gasteiger partial charge in [-0.25, -0.2) is 4.98 Å². The first-order valence-electron chi connectivity index (χ1n) is 5.57. The molecule has 0 radical (unpaired) electrons. The average molecular weight is 266 g/mol. The van der Waals surface area contributed by atoms with Gasteiger partial charge in [0.05, 0.1) is 16.6 Å². The minimum atomic E-state index is -4.36. The number of H-pyrrole nitrogens is 1. The van der Waals surface area contributed by atoms with E-state index in [0.717, 1.165) is 12.1 Å². The Balaban J connectivity index is 2.11. The van der Waals surface area contributed by atoms with Gasteiger partial charge in [0.2, 0.25) is 0 Å². The highest BCUT2D eigenvalue weighted by molar-refractivity contribution is 5.79. The van der Waals surface area contributed by atoms with Crippen LogP contribution in [0.25, 0.3) is 22.6 Å². The van der Waals surface area contributed by atoms with Crippen LogP contribution in [0.5, 0.6) is 0 Å². The molecular formula is C13H9F3N2O.